The zero-order valence-corrected chi connectivity index (χ0v) is 14.8. The average Bonchev–Trinajstić information content (AvgIpc) is 2.60. The second kappa shape index (κ2) is 7.72. The van der Waals surface area contributed by atoms with Crippen molar-refractivity contribution in [1.29, 1.82) is 0 Å². The number of hydrogen-bond acceptors (Lipinski definition) is 4. The minimum Gasteiger partial charge on any atom is -0.355 e. The Morgan fingerprint density at radius 1 is 1.04 bits per heavy atom. The molecule has 1 aromatic heterocycles. The summed E-state index contributed by atoms with van der Waals surface area (Å²) < 4.78 is 0. The third-order valence-electron chi connectivity index (χ3n) is 3.88. The van der Waals surface area contributed by atoms with Crippen molar-refractivity contribution in [3.05, 3.63) is 52.3 Å². The summed E-state index contributed by atoms with van der Waals surface area (Å²) in [5.41, 5.74) is 1.78. The van der Waals surface area contributed by atoms with E-state index in [0.717, 1.165) is 12.1 Å². The molecular formula is C17H16Cl2N4O2. The largest absolute Gasteiger partial charge is 0.355 e. The van der Waals surface area contributed by atoms with Gasteiger partial charge in [0.1, 0.15) is 5.69 Å². The molecule has 1 aliphatic rings. The summed E-state index contributed by atoms with van der Waals surface area (Å²) in [5.74, 6) is -0.154. The Labute approximate surface area is 155 Å². The Morgan fingerprint density at radius 2 is 1.72 bits per heavy atom. The molecule has 1 fully saturated rings. The Bertz CT molecular complexity index is 772. The molecule has 0 spiro atoms. The standard InChI is InChI=1S/C17H16Cl2N4O2/c18-12-7-13(19)9-15(8-12)21-14-1-2-20-16(10-14)17(25)23-5-3-22(11-24)4-6-23/h1-2,7-11H,3-6H2,(H,20,21). The van der Waals surface area contributed by atoms with Crippen LogP contribution in [0.1, 0.15) is 10.5 Å². The van der Waals surface area contributed by atoms with Crippen molar-refractivity contribution >= 4 is 46.9 Å². The van der Waals surface area contributed by atoms with E-state index in [9.17, 15) is 9.59 Å². The molecule has 2 aromatic rings. The van der Waals surface area contributed by atoms with Crippen LogP contribution in [0.3, 0.4) is 0 Å². The summed E-state index contributed by atoms with van der Waals surface area (Å²) in [5, 5.41) is 4.21. The van der Waals surface area contributed by atoms with Gasteiger partial charge in [-0.2, -0.15) is 0 Å². The van der Waals surface area contributed by atoms with Gasteiger partial charge < -0.3 is 15.1 Å². The van der Waals surface area contributed by atoms with Crippen LogP contribution in [-0.4, -0.2) is 53.3 Å². The van der Waals surface area contributed by atoms with E-state index in [2.05, 4.69) is 10.3 Å². The monoisotopic (exact) mass is 378 g/mol. The summed E-state index contributed by atoms with van der Waals surface area (Å²) in [6, 6.07) is 8.58. The number of hydrogen-bond donors (Lipinski definition) is 1. The maximum absolute atomic E-state index is 12.6. The van der Waals surface area contributed by atoms with E-state index in [1.165, 1.54) is 0 Å². The van der Waals surface area contributed by atoms with Gasteiger partial charge in [0, 0.05) is 53.8 Å². The lowest BCUT2D eigenvalue weighted by atomic mass is 10.2. The highest BCUT2D eigenvalue weighted by Gasteiger charge is 2.22. The van der Waals surface area contributed by atoms with Gasteiger partial charge in [-0.05, 0) is 30.3 Å². The number of carbonyl (C=O) groups excluding carboxylic acids is 2. The molecule has 0 saturated carbocycles. The van der Waals surface area contributed by atoms with Crippen LogP contribution in [0.5, 0.6) is 0 Å². The number of benzene rings is 1. The number of nitrogens with zero attached hydrogens (tertiary/aromatic N) is 3. The van der Waals surface area contributed by atoms with Crippen LogP contribution in [0.15, 0.2) is 36.5 Å². The number of rotatable bonds is 4. The van der Waals surface area contributed by atoms with Gasteiger partial charge >= 0.3 is 0 Å². The fourth-order valence-electron chi connectivity index (χ4n) is 2.61. The first kappa shape index (κ1) is 17.5. The minimum absolute atomic E-state index is 0.154. The lowest BCUT2D eigenvalue weighted by Gasteiger charge is -2.32. The molecule has 2 heterocycles. The van der Waals surface area contributed by atoms with Gasteiger partial charge in [-0.15, -0.1) is 0 Å². The van der Waals surface area contributed by atoms with Crippen molar-refractivity contribution in [3.8, 4) is 0 Å². The van der Waals surface area contributed by atoms with E-state index in [-0.39, 0.29) is 5.91 Å². The SMILES string of the molecule is O=CN1CCN(C(=O)c2cc(Nc3cc(Cl)cc(Cl)c3)ccn2)CC1. The van der Waals surface area contributed by atoms with Crippen molar-refractivity contribution < 1.29 is 9.59 Å². The molecule has 1 aliphatic heterocycles. The second-order valence-electron chi connectivity index (χ2n) is 5.65. The van der Waals surface area contributed by atoms with Crippen LogP contribution in [-0.2, 0) is 4.79 Å². The number of amides is 2. The molecule has 0 unspecified atom stereocenters. The summed E-state index contributed by atoms with van der Waals surface area (Å²) in [4.78, 5) is 30.9. The number of nitrogens with one attached hydrogen (secondary N) is 1. The van der Waals surface area contributed by atoms with Crippen LogP contribution in [0.4, 0.5) is 11.4 Å². The van der Waals surface area contributed by atoms with E-state index < -0.39 is 0 Å². The van der Waals surface area contributed by atoms with Gasteiger partial charge in [0.05, 0.1) is 0 Å². The van der Waals surface area contributed by atoms with Crippen molar-refractivity contribution in [1.82, 2.24) is 14.8 Å². The predicted octanol–water partition coefficient (Wildman–Crippen LogP) is 3.05. The number of carbonyl (C=O) groups is 2. The Balaban J connectivity index is 1.72. The fraction of sp³-hybridized carbons (Fsp3) is 0.235. The Morgan fingerprint density at radius 3 is 2.36 bits per heavy atom. The number of aromatic nitrogens is 1. The fourth-order valence-corrected chi connectivity index (χ4v) is 3.14. The van der Waals surface area contributed by atoms with Crippen molar-refractivity contribution in [2.45, 2.75) is 0 Å². The van der Waals surface area contributed by atoms with Crippen molar-refractivity contribution in [2.24, 2.45) is 0 Å². The first-order chi connectivity index (χ1) is 12.0. The molecule has 0 radical (unpaired) electrons. The molecule has 1 aromatic carbocycles. The average molecular weight is 379 g/mol. The number of anilines is 2. The van der Waals surface area contributed by atoms with Crippen molar-refractivity contribution in [3.63, 3.8) is 0 Å². The molecule has 1 saturated heterocycles. The van der Waals surface area contributed by atoms with Gasteiger partial charge in [0.2, 0.25) is 6.41 Å². The molecular weight excluding hydrogens is 363 g/mol. The van der Waals surface area contributed by atoms with Crippen LogP contribution >= 0.6 is 23.2 Å². The lowest BCUT2D eigenvalue weighted by Crippen LogP contribution is -2.48. The van der Waals surface area contributed by atoms with E-state index in [1.807, 2.05) is 0 Å². The molecule has 0 atom stereocenters. The smallest absolute Gasteiger partial charge is 0.272 e. The lowest BCUT2D eigenvalue weighted by molar-refractivity contribution is -0.119. The summed E-state index contributed by atoms with van der Waals surface area (Å²) in [6.45, 7) is 2.07. The normalized spacial score (nSPS) is 14.3. The molecule has 0 bridgehead atoms. The van der Waals surface area contributed by atoms with Crippen LogP contribution < -0.4 is 5.32 Å². The summed E-state index contributed by atoms with van der Waals surface area (Å²) in [6.07, 6.45) is 2.38. The Hall–Kier alpha value is -2.31. The number of piperazine rings is 1. The first-order valence-electron chi connectivity index (χ1n) is 7.73. The molecule has 3 rings (SSSR count). The zero-order valence-electron chi connectivity index (χ0n) is 13.3. The first-order valence-corrected chi connectivity index (χ1v) is 8.48. The molecule has 130 valence electrons. The number of pyridine rings is 1. The number of halogens is 2. The van der Waals surface area contributed by atoms with E-state index in [0.29, 0.717) is 47.6 Å². The highest BCUT2D eigenvalue weighted by atomic mass is 35.5. The van der Waals surface area contributed by atoms with Gasteiger partial charge in [-0.3, -0.25) is 14.6 Å². The van der Waals surface area contributed by atoms with E-state index >= 15 is 0 Å². The molecule has 6 nitrogen and oxygen atoms in total. The van der Waals surface area contributed by atoms with Gasteiger partial charge in [-0.1, -0.05) is 23.2 Å². The Kier molecular flexibility index (Phi) is 5.40. The molecule has 8 heteroatoms. The maximum atomic E-state index is 12.6. The zero-order chi connectivity index (χ0) is 17.8. The minimum atomic E-state index is -0.154. The molecule has 1 N–H and O–H groups in total. The summed E-state index contributed by atoms with van der Waals surface area (Å²) in [7, 11) is 0. The van der Waals surface area contributed by atoms with E-state index in [4.69, 9.17) is 23.2 Å². The molecule has 2 amide bonds. The second-order valence-corrected chi connectivity index (χ2v) is 6.52. The van der Waals surface area contributed by atoms with Crippen LogP contribution in [0, 0.1) is 0 Å². The third kappa shape index (κ3) is 4.41. The predicted molar refractivity (Wildman–Crippen MR) is 97.5 cm³/mol. The van der Waals surface area contributed by atoms with Gasteiger partial charge in [0.25, 0.3) is 5.91 Å². The third-order valence-corrected chi connectivity index (χ3v) is 4.32. The highest BCUT2D eigenvalue weighted by Crippen LogP contribution is 2.25. The van der Waals surface area contributed by atoms with Gasteiger partial charge in [0.15, 0.2) is 0 Å². The summed E-state index contributed by atoms with van der Waals surface area (Å²) >= 11 is 12.0. The quantitative estimate of drug-likeness (QED) is 0.830. The van der Waals surface area contributed by atoms with Crippen molar-refractivity contribution in [2.75, 3.05) is 31.5 Å². The van der Waals surface area contributed by atoms with Gasteiger partial charge in [-0.25, -0.2) is 0 Å². The van der Waals surface area contributed by atoms with Crippen LogP contribution in [0.25, 0.3) is 0 Å². The highest BCUT2D eigenvalue weighted by molar-refractivity contribution is 6.35. The topological polar surface area (TPSA) is 65.5 Å². The van der Waals surface area contributed by atoms with E-state index in [1.54, 1.807) is 46.3 Å². The van der Waals surface area contributed by atoms with Crippen LogP contribution in [0.2, 0.25) is 10.0 Å². The molecule has 0 aliphatic carbocycles. The maximum Gasteiger partial charge on any atom is 0.272 e. The molecule has 25 heavy (non-hydrogen) atoms.